The molecule has 0 aromatic carbocycles. The molecule has 6 heteroatoms. The maximum Gasteiger partial charge on any atom is 0.270 e. The summed E-state index contributed by atoms with van der Waals surface area (Å²) in [5, 5.41) is 3.37. The first-order valence-electron chi connectivity index (χ1n) is 13.0. The standard InChI is InChI=1S/C28H37F2NOS.C2H4.CH4S/c1-6-8-24(26-14-13-25(33-26)20(3)31-19-7-2)32-23-11-9-21(10-12-23)27(4)17-15-22(16-18-27)28(5,29)30;2*1-2/h9,11-17,21,24,31H,3,6-8,10,18-19H2,1-2,4-5H3;1-2H2;2H,1H3. The Kier molecular flexibility index (Phi) is 14.3. The molecule has 0 saturated heterocycles. The van der Waals surface area contributed by atoms with E-state index in [1.54, 1.807) is 29.7 Å². The van der Waals surface area contributed by atoms with Gasteiger partial charge in [0.05, 0.1) is 0 Å². The third-order valence-electron chi connectivity index (χ3n) is 6.48. The number of thiol groups is 1. The van der Waals surface area contributed by atoms with Crippen LogP contribution in [0.5, 0.6) is 0 Å². The Hall–Kier alpha value is -2.05. The van der Waals surface area contributed by atoms with E-state index in [-0.39, 0.29) is 23.0 Å². The Bertz CT molecular complexity index is 970. The predicted molar refractivity (Wildman–Crippen MR) is 162 cm³/mol. The molecule has 0 bridgehead atoms. The Morgan fingerprint density at radius 3 is 2.43 bits per heavy atom. The van der Waals surface area contributed by atoms with E-state index in [1.807, 2.05) is 6.08 Å². The van der Waals surface area contributed by atoms with Crippen molar-refractivity contribution < 1.29 is 13.5 Å². The first-order chi connectivity index (χ1) is 17.7. The van der Waals surface area contributed by atoms with Crippen LogP contribution in [0.4, 0.5) is 8.78 Å². The Morgan fingerprint density at radius 1 is 1.22 bits per heavy atom. The second-order valence-corrected chi connectivity index (χ2v) is 10.5. The number of rotatable bonds is 11. The minimum absolute atomic E-state index is 0.0163. The Labute approximate surface area is 233 Å². The molecule has 0 saturated carbocycles. The first-order valence-corrected chi connectivity index (χ1v) is 14.7. The fourth-order valence-corrected chi connectivity index (χ4v) is 5.28. The molecule has 0 amide bonds. The van der Waals surface area contributed by atoms with E-state index in [9.17, 15) is 8.78 Å². The van der Waals surface area contributed by atoms with Gasteiger partial charge in [0.1, 0.15) is 11.9 Å². The van der Waals surface area contributed by atoms with Crippen molar-refractivity contribution in [1.82, 2.24) is 5.32 Å². The molecule has 1 aromatic rings. The highest BCUT2D eigenvalue weighted by Gasteiger charge is 2.35. The zero-order chi connectivity index (χ0) is 28.1. The lowest BCUT2D eigenvalue weighted by Crippen LogP contribution is -2.27. The second kappa shape index (κ2) is 16.0. The van der Waals surface area contributed by atoms with Gasteiger partial charge in [-0.05, 0) is 67.6 Å². The third kappa shape index (κ3) is 9.64. The lowest BCUT2D eigenvalue weighted by Gasteiger charge is -2.36. The predicted octanol–water partition coefficient (Wildman–Crippen LogP) is 9.93. The highest BCUT2D eigenvalue weighted by molar-refractivity contribution is 7.79. The molecule has 3 unspecified atom stereocenters. The highest BCUT2D eigenvalue weighted by atomic mass is 32.1. The summed E-state index contributed by atoms with van der Waals surface area (Å²) in [6, 6.07) is 4.27. The van der Waals surface area contributed by atoms with Gasteiger partial charge in [-0.1, -0.05) is 58.1 Å². The van der Waals surface area contributed by atoms with Gasteiger partial charge in [-0.3, -0.25) is 0 Å². The minimum atomic E-state index is -2.78. The fraction of sp³-hybridized carbons (Fsp3) is 0.484. The summed E-state index contributed by atoms with van der Waals surface area (Å²) in [5.41, 5.74) is 0.921. The number of hydrogen-bond donors (Lipinski definition) is 2. The molecule has 0 aliphatic heterocycles. The molecule has 206 valence electrons. The molecule has 1 heterocycles. The lowest BCUT2D eigenvalue weighted by atomic mass is 9.69. The zero-order valence-electron chi connectivity index (χ0n) is 23.2. The molecule has 0 spiro atoms. The molecule has 2 aliphatic rings. The quantitative estimate of drug-likeness (QED) is 0.212. The van der Waals surface area contributed by atoms with Gasteiger partial charge in [0.15, 0.2) is 0 Å². The van der Waals surface area contributed by atoms with Gasteiger partial charge in [-0.2, -0.15) is 12.6 Å². The van der Waals surface area contributed by atoms with Crippen LogP contribution in [0.2, 0.25) is 0 Å². The average molecular weight is 550 g/mol. The molecule has 2 aliphatic carbocycles. The van der Waals surface area contributed by atoms with Gasteiger partial charge in [0.25, 0.3) is 5.92 Å². The van der Waals surface area contributed by atoms with E-state index in [0.29, 0.717) is 6.42 Å². The van der Waals surface area contributed by atoms with Crippen LogP contribution in [0.15, 0.2) is 79.7 Å². The van der Waals surface area contributed by atoms with Crippen molar-refractivity contribution in [3.05, 3.63) is 89.4 Å². The Morgan fingerprint density at radius 2 is 1.92 bits per heavy atom. The van der Waals surface area contributed by atoms with E-state index < -0.39 is 5.92 Å². The smallest absolute Gasteiger partial charge is 0.270 e. The van der Waals surface area contributed by atoms with Crippen molar-refractivity contribution in [2.45, 2.75) is 71.8 Å². The van der Waals surface area contributed by atoms with Gasteiger partial charge in [0, 0.05) is 34.5 Å². The number of ether oxygens (including phenoxy) is 1. The molecule has 3 atom stereocenters. The molecule has 3 rings (SSSR count). The second-order valence-electron chi connectivity index (χ2n) is 9.40. The molecule has 1 N–H and O–H groups in total. The molecule has 2 nitrogen and oxygen atoms in total. The fourth-order valence-electron chi connectivity index (χ4n) is 4.26. The third-order valence-corrected chi connectivity index (χ3v) is 7.72. The SMILES string of the molecule is C=C.C=C(NCCC)c1ccc(C(CCC)OC2=CCC(C3(C)C=CC(C(C)(F)F)=CC3)C=C2)s1.CS. The largest absolute Gasteiger partial charge is 0.485 e. The lowest BCUT2D eigenvalue weighted by molar-refractivity contribution is 0.0658. The van der Waals surface area contributed by atoms with E-state index in [2.05, 4.69) is 88.8 Å². The number of allylic oxidation sites excluding steroid dienone is 7. The summed E-state index contributed by atoms with van der Waals surface area (Å²) in [5.74, 6) is -1.63. The molecule has 37 heavy (non-hydrogen) atoms. The van der Waals surface area contributed by atoms with Gasteiger partial charge < -0.3 is 10.1 Å². The van der Waals surface area contributed by atoms with Crippen LogP contribution in [-0.4, -0.2) is 18.7 Å². The molecule has 0 radical (unpaired) electrons. The van der Waals surface area contributed by atoms with Crippen LogP contribution in [0.25, 0.3) is 5.70 Å². The van der Waals surface area contributed by atoms with E-state index >= 15 is 0 Å². The van der Waals surface area contributed by atoms with Crippen LogP contribution in [0.1, 0.15) is 75.7 Å². The van der Waals surface area contributed by atoms with Crippen molar-refractivity contribution in [3.63, 3.8) is 0 Å². The first kappa shape index (κ1) is 33.0. The number of nitrogens with one attached hydrogen (secondary N) is 1. The zero-order valence-corrected chi connectivity index (χ0v) is 24.9. The number of halogens is 2. The Balaban J connectivity index is 0.00000163. The summed E-state index contributed by atoms with van der Waals surface area (Å²) in [4.78, 5) is 2.36. The summed E-state index contributed by atoms with van der Waals surface area (Å²) in [7, 11) is 0. The topological polar surface area (TPSA) is 21.3 Å². The summed E-state index contributed by atoms with van der Waals surface area (Å²) in [6.07, 6.45) is 17.9. The normalized spacial score (nSPS) is 21.4. The number of hydrogen-bond acceptors (Lipinski definition) is 4. The van der Waals surface area contributed by atoms with Crippen molar-refractivity contribution in [1.29, 1.82) is 0 Å². The van der Waals surface area contributed by atoms with E-state index in [0.717, 1.165) is 55.5 Å². The highest BCUT2D eigenvalue weighted by Crippen LogP contribution is 2.44. The van der Waals surface area contributed by atoms with Gasteiger partial charge in [0.2, 0.25) is 0 Å². The molecule has 0 fully saturated rings. The van der Waals surface area contributed by atoms with Gasteiger partial charge >= 0.3 is 0 Å². The molecular formula is C31H45F2NOS2. The van der Waals surface area contributed by atoms with Crippen LogP contribution < -0.4 is 5.32 Å². The van der Waals surface area contributed by atoms with Crippen LogP contribution in [0, 0.1) is 11.3 Å². The molecule has 1 aromatic heterocycles. The monoisotopic (exact) mass is 549 g/mol. The van der Waals surface area contributed by atoms with E-state index in [4.69, 9.17) is 4.74 Å². The maximum absolute atomic E-state index is 13.6. The van der Waals surface area contributed by atoms with Crippen molar-refractivity contribution >= 4 is 29.7 Å². The van der Waals surface area contributed by atoms with Crippen LogP contribution >= 0.6 is 24.0 Å². The number of thiophene rings is 1. The van der Waals surface area contributed by atoms with Crippen LogP contribution in [-0.2, 0) is 4.74 Å². The van der Waals surface area contributed by atoms with Crippen molar-refractivity contribution in [2.75, 3.05) is 12.8 Å². The maximum atomic E-state index is 13.6. The number of alkyl halides is 2. The van der Waals surface area contributed by atoms with Crippen molar-refractivity contribution in [3.8, 4) is 0 Å². The average Bonchev–Trinajstić information content (AvgIpc) is 3.40. The summed E-state index contributed by atoms with van der Waals surface area (Å²) in [6.45, 7) is 18.5. The van der Waals surface area contributed by atoms with E-state index in [1.165, 1.54) is 4.88 Å². The van der Waals surface area contributed by atoms with Gasteiger partial charge in [-0.15, -0.1) is 24.5 Å². The van der Waals surface area contributed by atoms with Crippen LogP contribution in [0.3, 0.4) is 0 Å². The molecular weight excluding hydrogens is 504 g/mol. The minimum Gasteiger partial charge on any atom is -0.485 e. The summed E-state index contributed by atoms with van der Waals surface area (Å²) >= 11 is 5.27. The van der Waals surface area contributed by atoms with Crippen molar-refractivity contribution in [2.24, 2.45) is 11.3 Å². The summed E-state index contributed by atoms with van der Waals surface area (Å²) < 4.78 is 33.6. The van der Waals surface area contributed by atoms with Gasteiger partial charge in [-0.25, -0.2) is 8.78 Å².